The maximum Gasteiger partial charge on any atom is 0.331 e. The number of aryl methyl sites for hydroxylation is 1. The monoisotopic (exact) mass is 428 g/mol. The number of hydrogen-bond donors (Lipinski definition) is 0. The SMILES string of the molecule is Cc1cc(C(=O)COC(=O)/C=C/c2ccc3ccccc3n2)c(C)n1-c1cccc(F)c1. The van der Waals surface area contributed by atoms with E-state index in [-0.39, 0.29) is 18.2 Å². The highest BCUT2D eigenvalue weighted by atomic mass is 19.1. The number of rotatable bonds is 6. The lowest BCUT2D eigenvalue weighted by Crippen LogP contribution is -2.13. The number of hydrogen-bond acceptors (Lipinski definition) is 4. The highest BCUT2D eigenvalue weighted by Gasteiger charge is 2.18. The lowest BCUT2D eigenvalue weighted by molar-refractivity contribution is -0.136. The predicted molar refractivity (Wildman–Crippen MR) is 121 cm³/mol. The molecule has 2 heterocycles. The van der Waals surface area contributed by atoms with Gasteiger partial charge < -0.3 is 9.30 Å². The Bertz CT molecular complexity index is 1350. The van der Waals surface area contributed by atoms with Crippen LogP contribution in [0.4, 0.5) is 4.39 Å². The van der Waals surface area contributed by atoms with E-state index in [2.05, 4.69) is 4.98 Å². The Morgan fingerprint density at radius 1 is 1.03 bits per heavy atom. The first-order chi connectivity index (χ1) is 15.4. The van der Waals surface area contributed by atoms with E-state index in [1.807, 2.05) is 37.3 Å². The van der Waals surface area contributed by atoms with Gasteiger partial charge in [-0.05, 0) is 56.3 Å². The molecular weight excluding hydrogens is 407 g/mol. The van der Waals surface area contributed by atoms with E-state index in [1.165, 1.54) is 18.2 Å². The number of Topliss-reactive ketones (excluding diaryl/α,β-unsaturated/α-hetero) is 1. The number of nitrogens with zero attached hydrogens (tertiary/aromatic N) is 2. The van der Waals surface area contributed by atoms with Gasteiger partial charge >= 0.3 is 5.97 Å². The average Bonchev–Trinajstić information content (AvgIpc) is 3.09. The van der Waals surface area contributed by atoms with Gasteiger partial charge in [0.15, 0.2) is 6.61 Å². The fourth-order valence-electron chi connectivity index (χ4n) is 3.65. The summed E-state index contributed by atoms with van der Waals surface area (Å²) in [6.45, 7) is 3.22. The summed E-state index contributed by atoms with van der Waals surface area (Å²) in [5.41, 5.74) is 3.94. The highest BCUT2D eigenvalue weighted by molar-refractivity contribution is 6.00. The van der Waals surface area contributed by atoms with E-state index >= 15 is 0 Å². The van der Waals surface area contributed by atoms with Crippen LogP contribution in [0.1, 0.15) is 27.4 Å². The number of esters is 1. The van der Waals surface area contributed by atoms with Gasteiger partial charge in [-0.25, -0.2) is 14.2 Å². The van der Waals surface area contributed by atoms with Crippen molar-refractivity contribution in [3.63, 3.8) is 0 Å². The molecule has 0 aliphatic carbocycles. The molecule has 160 valence electrons. The third kappa shape index (κ3) is 4.49. The molecule has 0 unspecified atom stereocenters. The number of aromatic nitrogens is 2. The van der Waals surface area contributed by atoms with Gasteiger partial charge in [0.1, 0.15) is 5.82 Å². The van der Waals surface area contributed by atoms with Crippen molar-refractivity contribution >= 4 is 28.7 Å². The number of pyridine rings is 1. The summed E-state index contributed by atoms with van der Waals surface area (Å²) in [7, 11) is 0. The molecule has 0 aliphatic heterocycles. The maximum atomic E-state index is 13.6. The van der Waals surface area contributed by atoms with E-state index < -0.39 is 5.97 Å². The third-order valence-electron chi connectivity index (χ3n) is 5.15. The van der Waals surface area contributed by atoms with Crippen molar-refractivity contribution in [3.05, 3.63) is 101 Å². The van der Waals surface area contributed by atoms with Crippen LogP contribution in [0.25, 0.3) is 22.7 Å². The Balaban J connectivity index is 1.42. The van der Waals surface area contributed by atoms with Crippen LogP contribution in [0.15, 0.2) is 72.8 Å². The quantitative estimate of drug-likeness (QED) is 0.240. The smallest absolute Gasteiger partial charge is 0.331 e. The Labute approximate surface area is 184 Å². The molecule has 0 radical (unpaired) electrons. The van der Waals surface area contributed by atoms with Crippen LogP contribution < -0.4 is 0 Å². The number of ether oxygens (including phenoxy) is 1. The summed E-state index contributed by atoms with van der Waals surface area (Å²) in [6, 6.07) is 19.3. The molecule has 0 bridgehead atoms. The van der Waals surface area contributed by atoms with Gasteiger partial charge in [-0.3, -0.25) is 4.79 Å². The van der Waals surface area contributed by atoms with Gasteiger partial charge in [0.25, 0.3) is 0 Å². The molecule has 0 fully saturated rings. The number of carbonyl (C=O) groups is 2. The summed E-state index contributed by atoms with van der Waals surface area (Å²) >= 11 is 0. The standard InChI is InChI=1S/C26H21FN2O3/c1-17-14-23(18(2)29(17)22-8-5-7-20(27)15-22)25(30)16-32-26(31)13-12-21-11-10-19-6-3-4-9-24(19)28-21/h3-15H,16H2,1-2H3/b13-12+. The van der Waals surface area contributed by atoms with Crippen LogP contribution in [-0.2, 0) is 9.53 Å². The van der Waals surface area contributed by atoms with Crippen molar-refractivity contribution in [2.45, 2.75) is 13.8 Å². The van der Waals surface area contributed by atoms with E-state index in [1.54, 1.807) is 41.8 Å². The van der Waals surface area contributed by atoms with Crippen LogP contribution in [0, 0.1) is 19.7 Å². The Morgan fingerprint density at radius 2 is 1.84 bits per heavy atom. The molecule has 0 atom stereocenters. The van der Waals surface area contributed by atoms with Crippen LogP contribution >= 0.6 is 0 Å². The average molecular weight is 428 g/mol. The third-order valence-corrected chi connectivity index (χ3v) is 5.15. The first-order valence-corrected chi connectivity index (χ1v) is 10.1. The van der Waals surface area contributed by atoms with Crippen molar-refractivity contribution in [1.82, 2.24) is 9.55 Å². The van der Waals surface area contributed by atoms with Gasteiger partial charge in [-0.2, -0.15) is 0 Å². The number of halogens is 1. The zero-order chi connectivity index (χ0) is 22.7. The van der Waals surface area contributed by atoms with Gasteiger partial charge in [0.05, 0.1) is 11.2 Å². The summed E-state index contributed by atoms with van der Waals surface area (Å²) < 4.78 is 20.5. The summed E-state index contributed by atoms with van der Waals surface area (Å²) in [4.78, 5) is 29.2. The topological polar surface area (TPSA) is 61.2 Å². The molecular formula is C26H21FN2O3. The lowest BCUT2D eigenvalue weighted by atomic mass is 10.1. The molecule has 0 amide bonds. The lowest BCUT2D eigenvalue weighted by Gasteiger charge is -2.10. The van der Waals surface area contributed by atoms with Crippen molar-refractivity contribution in [3.8, 4) is 5.69 Å². The first-order valence-electron chi connectivity index (χ1n) is 10.1. The van der Waals surface area contributed by atoms with Crippen LogP contribution in [-0.4, -0.2) is 27.9 Å². The maximum absolute atomic E-state index is 13.6. The fraction of sp³-hybridized carbons (Fsp3) is 0.115. The Hall–Kier alpha value is -4.06. The zero-order valence-corrected chi connectivity index (χ0v) is 17.7. The Kier molecular flexibility index (Phi) is 5.94. The molecule has 0 saturated carbocycles. The summed E-state index contributed by atoms with van der Waals surface area (Å²) in [5.74, 6) is -1.32. The minimum absolute atomic E-state index is 0.327. The van der Waals surface area contributed by atoms with E-state index in [0.29, 0.717) is 22.6 Å². The van der Waals surface area contributed by atoms with Crippen molar-refractivity contribution in [1.29, 1.82) is 0 Å². The number of fused-ring (bicyclic) bond motifs is 1. The fourth-order valence-corrected chi connectivity index (χ4v) is 3.65. The zero-order valence-electron chi connectivity index (χ0n) is 17.7. The minimum Gasteiger partial charge on any atom is -0.454 e. The molecule has 5 nitrogen and oxygen atoms in total. The molecule has 6 heteroatoms. The van der Waals surface area contributed by atoms with Crippen LogP contribution in [0.2, 0.25) is 0 Å². The second-order valence-electron chi connectivity index (χ2n) is 7.39. The second-order valence-corrected chi connectivity index (χ2v) is 7.39. The van der Waals surface area contributed by atoms with E-state index in [4.69, 9.17) is 4.74 Å². The molecule has 2 aromatic carbocycles. The van der Waals surface area contributed by atoms with Gasteiger partial charge in [-0.1, -0.05) is 30.3 Å². The van der Waals surface area contributed by atoms with E-state index in [9.17, 15) is 14.0 Å². The Morgan fingerprint density at radius 3 is 2.66 bits per heavy atom. The highest BCUT2D eigenvalue weighted by Crippen LogP contribution is 2.22. The van der Waals surface area contributed by atoms with Gasteiger partial charge in [-0.15, -0.1) is 0 Å². The number of para-hydroxylation sites is 1. The normalized spacial score (nSPS) is 11.2. The molecule has 32 heavy (non-hydrogen) atoms. The molecule has 2 aromatic heterocycles. The van der Waals surface area contributed by atoms with Crippen molar-refractivity contribution in [2.75, 3.05) is 6.61 Å². The summed E-state index contributed by atoms with van der Waals surface area (Å²) in [5, 5.41) is 1.01. The van der Waals surface area contributed by atoms with Crippen LogP contribution in [0.5, 0.6) is 0 Å². The largest absolute Gasteiger partial charge is 0.454 e. The van der Waals surface area contributed by atoms with Crippen molar-refractivity contribution in [2.24, 2.45) is 0 Å². The van der Waals surface area contributed by atoms with Gasteiger partial charge in [0, 0.05) is 34.1 Å². The van der Waals surface area contributed by atoms with Crippen molar-refractivity contribution < 1.29 is 18.7 Å². The summed E-state index contributed by atoms with van der Waals surface area (Å²) in [6.07, 6.45) is 2.80. The molecule has 0 spiro atoms. The number of carbonyl (C=O) groups excluding carboxylic acids is 2. The number of benzene rings is 2. The van der Waals surface area contributed by atoms with Crippen LogP contribution in [0.3, 0.4) is 0 Å². The molecule has 0 N–H and O–H groups in total. The number of ketones is 1. The minimum atomic E-state index is -0.632. The molecule has 0 aliphatic rings. The van der Waals surface area contributed by atoms with Gasteiger partial charge in [0.2, 0.25) is 5.78 Å². The predicted octanol–water partition coefficient (Wildman–Crippen LogP) is 5.22. The molecule has 4 aromatic rings. The molecule has 0 saturated heterocycles. The molecule has 4 rings (SSSR count). The first kappa shape index (κ1) is 21.2. The van der Waals surface area contributed by atoms with E-state index in [0.717, 1.165) is 16.6 Å². The second kappa shape index (κ2) is 8.98.